The van der Waals surface area contributed by atoms with E-state index in [1.807, 2.05) is 6.92 Å². The van der Waals surface area contributed by atoms with Gasteiger partial charge in [0.1, 0.15) is 0 Å². The Balaban J connectivity index is 1.92. The Kier molecular flexibility index (Phi) is 3.28. The molecule has 8 heteroatoms. The molecule has 2 heterocycles. The predicted octanol–water partition coefficient (Wildman–Crippen LogP) is -0.903. The number of carbonyl (C=O) groups is 2. The van der Waals surface area contributed by atoms with Crippen molar-refractivity contribution < 1.29 is 14.7 Å². The lowest BCUT2D eigenvalue weighted by atomic mass is 10.1. The first-order valence-electron chi connectivity index (χ1n) is 5.72. The van der Waals surface area contributed by atoms with E-state index < -0.39 is 12.0 Å². The summed E-state index contributed by atoms with van der Waals surface area (Å²) >= 11 is 0. The van der Waals surface area contributed by atoms with E-state index in [4.69, 9.17) is 10.8 Å². The molecule has 0 unspecified atom stereocenters. The molecule has 2 rings (SSSR count). The van der Waals surface area contributed by atoms with Gasteiger partial charge < -0.3 is 15.7 Å². The number of aromatic nitrogens is 3. The lowest BCUT2D eigenvalue weighted by Crippen LogP contribution is -2.55. The van der Waals surface area contributed by atoms with Crippen molar-refractivity contribution in [3.8, 4) is 0 Å². The highest BCUT2D eigenvalue weighted by Crippen LogP contribution is 2.21. The van der Waals surface area contributed by atoms with Crippen LogP contribution in [0.1, 0.15) is 29.9 Å². The van der Waals surface area contributed by atoms with Crippen molar-refractivity contribution in [2.75, 3.05) is 13.1 Å². The first-order chi connectivity index (χ1) is 8.52. The molecule has 0 spiro atoms. The molecule has 1 saturated heterocycles. The van der Waals surface area contributed by atoms with E-state index in [2.05, 4.69) is 10.3 Å². The second kappa shape index (κ2) is 4.73. The third-order valence-corrected chi connectivity index (χ3v) is 3.03. The Morgan fingerprint density at radius 1 is 1.61 bits per heavy atom. The maximum atomic E-state index is 11.7. The summed E-state index contributed by atoms with van der Waals surface area (Å²) < 4.78 is 1.48. The number of nitrogens with zero attached hydrogens (tertiary/aromatic N) is 4. The molecule has 8 nitrogen and oxygen atoms in total. The molecular weight excluding hydrogens is 238 g/mol. The van der Waals surface area contributed by atoms with Crippen molar-refractivity contribution in [3.05, 3.63) is 11.9 Å². The Hall–Kier alpha value is -1.96. The lowest BCUT2D eigenvalue weighted by Gasteiger charge is -2.40. The lowest BCUT2D eigenvalue weighted by molar-refractivity contribution is -0.138. The van der Waals surface area contributed by atoms with Crippen LogP contribution < -0.4 is 5.73 Å². The van der Waals surface area contributed by atoms with Gasteiger partial charge in [-0.15, -0.1) is 5.10 Å². The Labute approximate surface area is 103 Å². The SMILES string of the molecule is CC[C@H](N)C(=O)N1CC(n2cc(C(=O)O)nn2)C1. The molecule has 0 aliphatic carbocycles. The van der Waals surface area contributed by atoms with Gasteiger partial charge in [-0.25, -0.2) is 9.48 Å². The smallest absolute Gasteiger partial charge is 0.358 e. The second-order valence-electron chi connectivity index (χ2n) is 4.30. The third kappa shape index (κ3) is 2.19. The minimum Gasteiger partial charge on any atom is -0.476 e. The van der Waals surface area contributed by atoms with Gasteiger partial charge in [0.25, 0.3) is 0 Å². The van der Waals surface area contributed by atoms with Gasteiger partial charge in [-0.05, 0) is 6.42 Å². The van der Waals surface area contributed by atoms with E-state index in [9.17, 15) is 9.59 Å². The van der Waals surface area contributed by atoms with Gasteiger partial charge in [0, 0.05) is 13.1 Å². The molecule has 3 N–H and O–H groups in total. The third-order valence-electron chi connectivity index (χ3n) is 3.03. The molecular formula is C10H15N5O3. The fraction of sp³-hybridized carbons (Fsp3) is 0.600. The molecule has 1 aromatic rings. The van der Waals surface area contributed by atoms with E-state index in [0.717, 1.165) is 0 Å². The number of rotatable bonds is 4. The van der Waals surface area contributed by atoms with E-state index in [1.54, 1.807) is 4.90 Å². The Morgan fingerprint density at radius 2 is 2.28 bits per heavy atom. The predicted molar refractivity (Wildman–Crippen MR) is 60.9 cm³/mol. The Bertz CT molecular complexity index is 466. The van der Waals surface area contributed by atoms with Crippen molar-refractivity contribution in [1.82, 2.24) is 19.9 Å². The number of likely N-dealkylation sites (tertiary alicyclic amines) is 1. The van der Waals surface area contributed by atoms with Gasteiger partial charge in [0.2, 0.25) is 5.91 Å². The van der Waals surface area contributed by atoms with Crippen LogP contribution in [0.25, 0.3) is 0 Å². The average Bonchev–Trinajstić information content (AvgIpc) is 2.75. The molecule has 1 aliphatic rings. The standard InChI is InChI=1S/C10H15N5O3/c1-2-7(11)9(16)14-3-6(4-14)15-5-8(10(17)18)12-13-15/h5-7H,2-4,11H2,1H3,(H,17,18)/t7-/m0/s1. The van der Waals surface area contributed by atoms with E-state index in [0.29, 0.717) is 19.5 Å². The normalized spacial score (nSPS) is 17.3. The van der Waals surface area contributed by atoms with Crippen LogP contribution >= 0.6 is 0 Å². The maximum Gasteiger partial charge on any atom is 0.358 e. The minimum absolute atomic E-state index is 0.0152. The van der Waals surface area contributed by atoms with Gasteiger partial charge in [0.05, 0.1) is 18.3 Å². The number of hydrogen-bond donors (Lipinski definition) is 2. The zero-order chi connectivity index (χ0) is 13.3. The van der Waals surface area contributed by atoms with Crippen molar-refractivity contribution in [2.45, 2.75) is 25.4 Å². The summed E-state index contributed by atoms with van der Waals surface area (Å²) in [6.07, 6.45) is 1.97. The summed E-state index contributed by atoms with van der Waals surface area (Å²) in [6.45, 7) is 2.85. The molecule has 1 atom stereocenters. The first-order valence-corrected chi connectivity index (χ1v) is 5.72. The summed E-state index contributed by atoms with van der Waals surface area (Å²) in [5, 5.41) is 16.0. The quantitative estimate of drug-likeness (QED) is 0.718. The molecule has 0 bridgehead atoms. The van der Waals surface area contributed by atoms with Crippen molar-refractivity contribution in [2.24, 2.45) is 5.73 Å². The van der Waals surface area contributed by atoms with Gasteiger partial charge in [-0.2, -0.15) is 0 Å². The zero-order valence-electron chi connectivity index (χ0n) is 9.98. The van der Waals surface area contributed by atoms with Crippen LogP contribution in [0, 0.1) is 0 Å². The van der Waals surface area contributed by atoms with Crippen LogP contribution in [0.2, 0.25) is 0 Å². The molecule has 1 amide bonds. The molecule has 1 aromatic heterocycles. The van der Waals surface area contributed by atoms with E-state index >= 15 is 0 Å². The molecule has 1 aliphatic heterocycles. The number of carboxylic acid groups (broad SMARTS) is 1. The van der Waals surface area contributed by atoms with Gasteiger partial charge in [0.15, 0.2) is 5.69 Å². The van der Waals surface area contributed by atoms with Crippen LogP contribution in [-0.2, 0) is 4.79 Å². The Morgan fingerprint density at radius 3 is 2.78 bits per heavy atom. The fourth-order valence-corrected chi connectivity index (χ4v) is 1.76. The second-order valence-corrected chi connectivity index (χ2v) is 4.30. The minimum atomic E-state index is -1.11. The van der Waals surface area contributed by atoms with Gasteiger partial charge in [-0.3, -0.25) is 4.79 Å². The van der Waals surface area contributed by atoms with Crippen LogP contribution in [-0.4, -0.2) is 56.0 Å². The highest BCUT2D eigenvalue weighted by atomic mass is 16.4. The summed E-state index contributed by atoms with van der Waals surface area (Å²) in [4.78, 5) is 24.0. The maximum absolute atomic E-state index is 11.7. The summed E-state index contributed by atoms with van der Waals surface area (Å²) in [7, 11) is 0. The van der Waals surface area contributed by atoms with Crippen LogP contribution in [0.4, 0.5) is 0 Å². The molecule has 0 saturated carbocycles. The highest BCUT2D eigenvalue weighted by Gasteiger charge is 2.34. The molecule has 0 radical (unpaired) electrons. The van der Waals surface area contributed by atoms with Crippen LogP contribution in [0.3, 0.4) is 0 Å². The highest BCUT2D eigenvalue weighted by molar-refractivity contribution is 5.84. The topological polar surface area (TPSA) is 114 Å². The number of carboxylic acids is 1. The zero-order valence-corrected chi connectivity index (χ0v) is 9.98. The number of carbonyl (C=O) groups excluding carboxylic acids is 1. The van der Waals surface area contributed by atoms with Crippen LogP contribution in [0.5, 0.6) is 0 Å². The van der Waals surface area contributed by atoms with Crippen molar-refractivity contribution in [3.63, 3.8) is 0 Å². The summed E-state index contributed by atoms with van der Waals surface area (Å²) in [6, 6.07) is -0.477. The van der Waals surface area contributed by atoms with E-state index in [-0.39, 0.29) is 17.6 Å². The molecule has 0 aromatic carbocycles. The monoisotopic (exact) mass is 253 g/mol. The van der Waals surface area contributed by atoms with E-state index in [1.165, 1.54) is 10.9 Å². The fourth-order valence-electron chi connectivity index (χ4n) is 1.76. The number of nitrogens with two attached hydrogens (primary N) is 1. The number of amides is 1. The number of aromatic carboxylic acids is 1. The van der Waals surface area contributed by atoms with Crippen LogP contribution in [0.15, 0.2) is 6.20 Å². The van der Waals surface area contributed by atoms with Crippen molar-refractivity contribution >= 4 is 11.9 Å². The summed E-state index contributed by atoms with van der Waals surface area (Å²) in [5.74, 6) is -1.19. The molecule has 1 fully saturated rings. The molecule has 18 heavy (non-hydrogen) atoms. The van der Waals surface area contributed by atoms with Gasteiger partial charge in [-0.1, -0.05) is 12.1 Å². The van der Waals surface area contributed by atoms with Gasteiger partial charge >= 0.3 is 5.97 Å². The average molecular weight is 253 g/mol. The molecule has 98 valence electrons. The summed E-state index contributed by atoms with van der Waals surface area (Å²) in [5.41, 5.74) is 5.56. The number of hydrogen-bond acceptors (Lipinski definition) is 5. The van der Waals surface area contributed by atoms with Crippen molar-refractivity contribution in [1.29, 1.82) is 0 Å². The largest absolute Gasteiger partial charge is 0.476 e. The first kappa shape index (κ1) is 12.5.